The van der Waals surface area contributed by atoms with E-state index in [1.165, 1.54) is 0 Å². The molecule has 100 valence electrons. The number of carbonyl (C=O) groups excluding carboxylic acids is 1. The average Bonchev–Trinajstić information content (AvgIpc) is 2.81. The van der Waals surface area contributed by atoms with E-state index in [0.29, 0.717) is 13.0 Å². The summed E-state index contributed by atoms with van der Waals surface area (Å²) in [6, 6.07) is 3.72. The molecule has 0 radical (unpaired) electrons. The van der Waals surface area contributed by atoms with Crippen LogP contribution in [0.5, 0.6) is 0 Å². The summed E-state index contributed by atoms with van der Waals surface area (Å²) >= 11 is 1.56. The minimum Gasteiger partial charge on any atom is -0.355 e. The van der Waals surface area contributed by atoms with Crippen molar-refractivity contribution in [2.45, 2.75) is 11.6 Å². The van der Waals surface area contributed by atoms with Gasteiger partial charge in [-0.25, -0.2) is 0 Å². The van der Waals surface area contributed by atoms with Gasteiger partial charge in [-0.3, -0.25) is 9.78 Å². The van der Waals surface area contributed by atoms with Gasteiger partial charge in [-0.05, 0) is 11.6 Å². The number of nitrogens with one attached hydrogen (secondary N) is 1. The fourth-order valence-electron chi connectivity index (χ4n) is 1.49. The maximum atomic E-state index is 11.7. The Kier molecular flexibility index (Phi) is 4.91. The molecule has 19 heavy (non-hydrogen) atoms. The summed E-state index contributed by atoms with van der Waals surface area (Å²) in [5, 5.41) is 11.5. The van der Waals surface area contributed by atoms with Crippen LogP contribution in [-0.4, -0.2) is 38.0 Å². The van der Waals surface area contributed by atoms with Crippen molar-refractivity contribution < 1.29 is 4.79 Å². The highest BCUT2D eigenvalue weighted by molar-refractivity contribution is 7.99. The zero-order valence-corrected chi connectivity index (χ0v) is 11.4. The molecule has 0 unspecified atom stereocenters. The zero-order valence-electron chi connectivity index (χ0n) is 10.6. The van der Waals surface area contributed by atoms with Crippen molar-refractivity contribution in [1.29, 1.82) is 0 Å². The third-order valence-corrected chi connectivity index (χ3v) is 3.45. The Bertz CT molecular complexity index is 528. The van der Waals surface area contributed by atoms with Crippen LogP contribution in [0.1, 0.15) is 5.56 Å². The molecule has 0 aliphatic rings. The molecular formula is C12H15N5OS. The van der Waals surface area contributed by atoms with E-state index in [2.05, 4.69) is 20.5 Å². The highest BCUT2D eigenvalue weighted by Gasteiger charge is 2.04. The predicted octanol–water partition coefficient (Wildman–Crippen LogP) is 0.661. The Morgan fingerprint density at radius 1 is 1.53 bits per heavy atom. The summed E-state index contributed by atoms with van der Waals surface area (Å²) in [5.41, 5.74) is 0.918. The minimum absolute atomic E-state index is 0.00608. The van der Waals surface area contributed by atoms with Gasteiger partial charge in [0.25, 0.3) is 0 Å². The average molecular weight is 277 g/mol. The van der Waals surface area contributed by atoms with Crippen molar-refractivity contribution in [3.63, 3.8) is 0 Å². The molecule has 0 aliphatic heterocycles. The van der Waals surface area contributed by atoms with Crippen LogP contribution >= 0.6 is 11.8 Å². The van der Waals surface area contributed by atoms with Crippen LogP contribution in [0.2, 0.25) is 0 Å². The number of amides is 1. The third-order valence-electron chi connectivity index (χ3n) is 2.41. The zero-order chi connectivity index (χ0) is 13.5. The van der Waals surface area contributed by atoms with E-state index in [-0.39, 0.29) is 5.91 Å². The molecule has 6 nitrogen and oxygen atoms in total. The van der Waals surface area contributed by atoms with Gasteiger partial charge in [-0.2, -0.15) is 0 Å². The number of pyridine rings is 1. The van der Waals surface area contributed by atoms with Crippen molar-refractivity contribution in [3.8, 4) is 0 Å². The molecule has 0 aromatic carbocycles. The highest BCUT2D eigenvalue weighted by Crippen LogP contribution is 2.11. The SMILES string of the molecule is Cn1cnnc1SCCNC(=O)Cc1cccnc1. The molecule has 1 amide bonds. The van der Waals surface area contributed by atoms with Gasteiger partial charge in [0.1, 0.15) is 6.33 Å². The summed E-state index contributed by atoms with van der Waals surface area (Å²) in [5.74, 6) is 0.775. The summed E-state index contributed by atoms with van der Waals surface area (Å²) in [6.07, 6.45) is 5.42. The van der Waals surface area contributed by atoms with E-state index < -0.39 is 0 Å². The number of nitrogens with zero attached hydrogens (tertiary/aromatic N) is 4. The smallest absolute Gasteiger partial charge is 0.224 e. The molecule has 2 aromatic rings. The normalized spacial score (nSPS) is 10.4. The van der Waals surface area contributed by atoms with Crippen LogP contribution < -0.4 is 5.32 Å². The number of carbonyl (C=O) groups is 1. The Labute approximate surface area is 115 Å². The van der Waals surface area contributed by atoms with Gasteiger partial charge in [0.15, 0.2) is 5.16 Å². The molecule has 0 spiro atoms. The maximum absolute atomic E-state index is 11.7. The van der Waals surface area contributed by atoms with E-state index in [9.17, 15) is 4.79 Å². The predicted molar refractivity (Wildman–Crippen MR) is 72.7 cm³/mol. The summed E-state index contributed by atoms with van der Waals surface area (Å²) in [4.78, 5) is 15.6. The van der Waals surface area contributed by atoms with E-state index in [1.807, 2.05) is 23.7 Å². The van der Waals surface area contributed by atoms with Crippen LogP contribution in [-0.2, 0) is 18.3 Å². The number of thioether (sulfide) groups is 1. The molecule has 2 aromatic heterocycles. The van der Waals surface area contributed by atoms with Gasteiger partial charge in [-0.1, -0.05) is 17.8 Å². The van der Waals surface area contributed by atoms with Gasteiger partial charge in [0, 0.05) is 31.7 Å². The lowest BCUT2D eigenvalue weighted by molar-refractivity contribution is -0.120. The first-order chi connectivity index (χ1) is 9.25. The monoisotopic (exact) mass is 277 g/mol. The lowest BCUT2D eigenvalue weighted by Gasteiger charge is -2.04. The Hall–Kier alpha value is -1.89. The molecule has 7 heteroatoms. The molecule has 0 aliphatic carbocycles. The molecule has 2 rings (SSSR count). The quantitative estimate of drug-likeness (QED) is 0.620. The van der Waals surface area contributed by atoms with Crippen molar-refractivity contribution in [3.05, 3.63) is 36.4 Å². The molecule has 0 fully saturated rings. The Morgan fingerprint density at radius 3 is 3.11 bits per heavy atom. The first-order valence-electron chi connectivity index (χ1n) is 5.88. The molecule has 2 heterocycles. The molecule has 0 bridgehead atoms. The summed E-state index contributed by atoms with van der Waals surface area (Å²) in [6.45, 7) is 0.608. The summed E-state index contributed by atoms with van der Waals surface area (Å²) < 4.78 is 1.85. The Balaban J connectivity index is 1.66. The van der Waals surface area contributed by atoms with E-state index in [4.69, 9.17) is 0 Å². The lowest BCUT2D eigenvalue weighted by atomic mass is 10.2. The van der Waals surface area contributed by atoms with Gasteiger partial charge < -0.3 is 9.88 Å². The van der Waals surface area contributed by atoms with Crippen LogP contribution in [0.3, 0.4) is 0 Å². The minimum atomic E-state index is 0.00608. The lowest BCUT2D eigenvalue weighted by Crippen LogP contribution is -2.27. The van der Waals surface area contributed by atoms with Crippen LogP contribution in [0, 0.1) is 0 Å². The topological polar surface area (TPSA) is 72.7 Å². The summed E-state index contributed by atoms with van der Waals surface area (Å²) in [7, 11) is 1.89. The number of hydrogen-bond donors (Lipinski definition) is 1. The molecule has 0 saturated heterocycles. The number of aromatic nitrogens is 4. The standard InChI is InChI=1S/C12H15N5OS/c1-17-9-15-16-12(17)19-6-5-14-11(18)7-10-3-2-4-13-8-10/h2-4,8-9H,5-7H2,1H3,(H,14,18). The molecule has 1 N–H and O–H groups in total. The molecule has 0 saturated carbocycles. The Morgan fingerprint density at radius 2 is 2.42 bits per heavy atom. The third kappa shape index (κ3) is 4.36. The second-order valence-electron chi connectivity index (χ2n) is 3.96. The highest BCUT2D eigenvalue weighted by atomic mass is 32.2. The number of hydrogen-bond acceptors (Lipinski definition) is 5. The second-order valence-corrected chi connectivity index (χ2v) is 5.02. The largest absolute Gasteiger partial charge is 0.355 e. The van der Waals surface area contributed by atoms with Gasteiger partial charge in [0.2, 0.25) is 5.91 Å². The van der Waals surface area contributed by atoms with Crippen molar-refractivity contribution in [1.82, 2.24) is 25.1 Å². The van der Waals surface area contributed by atoms with Crippen molar-refractivity contribution in [2.24, 2.45) is 7.05 Å². The molecular weight excluding hydrogens is 262 g/mol. The first-order valence-corrected chi connectivity index (χ1v) is 6.86. The van der Waals surface area contributed by atoms with Crippen LogP contribution in [0.15, 0.2) is 36.0 Å². The number of rotatable bonds is 6. The van der Waals surface area contributed by atoms with Crippen molar-refractivity contribution in [2.75, 3.05) is 12.3 Å². The second kappa shape index (κ2) is 6.89. The van der Waals surface area contributed by atoms with Gasteiger partial charge in [0.05, 0.1) is 6.42 Å². The first kappa shape index (κ1) is 13.5. The van der Waals surface area contributed by atoms with Crippen LogP contribution in [0.25, 0.3) is 0 Å². The molecule has 0 atom stereocenters. The van der Waals surface area contributed by atoms with E-state index in [0.717, 1.165) is 16.5 Å². The van der Waals surface area contributed by atoms with E-state index in [1.54, 1.807) is 30.5 Å². The van der Waals surface area contributed by atoms with E-state index >= 15 is 0 Å². The van der Waals surface area contributed by atoms with Gasteiger partial charge >= 0.3 is 0 Å². The van der Waals surface area contributed by atoms with Crippen LogP contribution in [0.4, 0.5) is 0 Å². The fraction of sp³-hybridized carbons (Fsp3) is 0.333. The van der Waals surface area contributed by atoms with Gasteiger partial charge in [-0.15, -0.1) is 10.2 Å². The fourth-order valence-corrected chi connectivity index (χ4v) is 2.23. The number of aryl methyl sites for hydroxylation is 1. The van der Waals surface area contributed by atoms with Crippen molar-refractivity contribution >= 4 is 17.7 Å². The maximum Gasteiger partial charge on any atom is 0.224 e.